The Morgan fingerprint density at radius 1 is 1.45 bits per heavy atom. The fourth-order valence-electron chi connectivity index (χ4n) is 1.61. The molecule has 0 aliphatic carbocycles. The van der Waals surface area contributed by atoms with E-state index in [0.29, 0.717) is 12.1 Å². The van der Waals surface area contributed by atoms with Crippen LogP contribution in [0.25, 0.3) is 0 Å². The molecule has 0 aromatic heterocycles. The third kappa shape index (κ3) is 4.04. The van der Waals surface area contributed by atoms with Gasteiger partial charge in [0.1, 0.15) is 5.82 Å². The van der Waals surface area contributed by atoms with Gasteiger partial charge >= 0.3 is 0 Å². The first kappa shape index (κ1) is 16.6. The van der Waals surface area contributed by atoms with E-state index in [2.05, 4.69) is 11.2 Å². The Balaban J connectivity index is 3.21. The quantitative estimate of drug-likeness (QED) is 0.811. The van der Waals surface area contributed by atoms with E-state index in [-0.39, 0.29) is 17.5 Å². The lowest BCUT2D eigenvalue weighted by Gasteiger charge is -2.18. The summed E-state index contributed by atoms with van der Waals surface area (Å²) in [6.45, 7) is 4.18. The van der Waals surface area contributed by atoms with Gasteiger partial charge in [0.2, 0.25) is 10.0 Å². The fraction of sp³-hybridized carbons (Fsp3) is 0.429. The van der Waals surface area contributed by atoms with Crippen molar-refractivity contribution >= 4 is 10.0 Å². The summed E-state index contributed by atoms with van der Waals surface area (Å²) >= 11 is 0. The molecule has 1 aromatic carbocycles. The van der Waals surface area contributed by atoms with Crippen LogP contribution in [0.15, 0.2) is 23.1 Å². The molecule has 110 valence electrons. The molecule has 1 aromatic rings. The number of benzene rings is 1. The van der Waals surface area contributed by atoms with Crippen molar-refractivity contribution < 1.29 is 12.8 Å². The molecule has 4 nitrogen and oxygen atoms in total. The average Bonchev–Trinajstić information content (AvgIpc) is 2.37. The zero-order valence-corrected chi connectivity index (χ0v) is 12.7. The van der Waals surface area contributed by atoms with Crippen molar-refractivity contribution in [3.63, 3.8) is 0 Å². The smallest absolute Gasteiger partial charge is 0.244 e. The lowest BCUT2D eigenvalue weighted by Crippen LogP contribution is -2.29. The fourth-order valence-corrected chi connectivity index (χ4v) is 2.92. The van der Waals surface area contributed by atoms with Crippen LogP contribution in [0.2, 0.25) is 0 Å². The van der Waals surface area contributed by atoms with Crippen molar-refractivity contribution in [2.45, 2.75) is 31.3 Å². The molecule has 0 spiro atoms. The second-order valence-electron chi connectivity index (χ2n) is 4.75. The van der Waals surface area contributed by atoms with Crippen LogP contribution in [0.3, 0.4) is 0 Å². The minimum Gasteiger partial charge on any atom is -0.310 e. The number of rotatable bonds is 6. The summed E-state index contributed by atoms with van der Waals surface area (Å²) in [5.41, 5.74) is 0.518. The minimum absolute atomic E-state index is 0.0524. The third-order valence-electron chi connectivity index (χ3n) is 2.73. The Bertz CT molecular complexity index is 606. The van der Waals surface area contributed by atoms with E-state index in [1.54, 1.807) is 0 Å². The van der Waals surface area contributed by atoms with Crippen molar-refractivity contribution in [3.05, 3.63) is 29.6 Å². The van der Waals surface area contributed by atoms with Gasteiger partial charge in [-0.05, 0) is 17.7 Å². The summed E-state index contributed by atoms with van der Waals surface area (Å²) in [6.07, 6.45) is 5.13. The van der Waals surface area contributed by atoms with Crippen LogP contribution in [0.4, 0.5) is 4.39 Å². The third-order valence-corrected chi connectivity index (χ3v) is 4.62. The molecule has 0 aliphatic heterocycles. The highest BCUT2D eigenvalue weighted by atomic mass is 32.2. The van der Waals surface area contributed by atoms with Crippen LogP contribution >= 0.6 is 0 Å². The van der Waals surface area contributed by atoms with E-state index >= 15 is 0 Å². The summed E-state index contributed by atoms with van der Waals surface area (Å²) in [5, 5.41) is 3.12. The lowest BCUT2D eigenvalue weighted by atomic mass is 10.2. The van der Waals surface area contributed by atoms with Crippen LogP contribution in [-0.4, -0.2) is 32.4 Å². The Labute approximate surface area is 120 Å². The topological polar surface area (TPSA) is 49.4 Å². The summed E-state index contributed by atoms with van der Waals surface area (Å²) in [6, 6.07) is 3.94. The van der Waals surface area contributed by atoms with E-state index in [1.807, 2.05) is 13.8 Å². The molecule has 0 unspecified atom stereocenters. The van der Waals surface area contributed by atoms with Crippen molar-refractivity contribution in [1.29, 1.82) is 0 Å². The first-order valence-corrected chi connectivity index (χ1v) is 7.64. The largest absolute Gasteiger partial charge is 0.310 e. The maximum Gasteiger partial charge on any atom is 0.244 e. The predicted octanol–water partition coefficient (Wildman–Crippen LogP) is 1.58. The number of hydrogen-bond acceptors (Lipinski definition) is 3. The number of nitrogens with one attached hydrogen (secondary N) is 1. The van der Waals surface area contributed by atoms with Gasteiger partial charge in [-0.15, -0.1) is 6.42 Å². The molecule has 0 amide bonds. The summed E-state index contributed by atoms with van der Waals surface area (Å²) in [4.78, 5) is -0.0524. The molecule has 1 N–H and O–H groups in total. The van der Waals surface area contributed by atoms with Crippen LogP contribution in [0.1, 0.15) is 19.4 Å². The lowest BCUT2D eigenvalue weighted by molar-refractivity contribution is 0.498. The predicted molar refractivity (Wildman–Crippen MR) is 77.0 cm³/mol. The molecule has 20 heavy (non-hydrogen) atoms. The maximum absolute atomic E-state index is 13.4. The molecule has 0 fully saturated rings. The first-order valence-electron chi connectivity index (χ1n) is 6.20. The monoisotopic (exact) mass is 298 g/mol. The van der Waals surface area contributed by atoms with Crippen molar-refractivity contribution in [2.24, 2.45) is 0 Å². The molecule has 6 heteroatoms. The normalized spacial score (nSPS) is 11.8. The zero-order chi connectivity index (χ0) is 15.3. The van der Waals surface area contributed by atoms with E-state index in [9.17, 15) is 12.8 Å². The zero-order valence-electron chi connectivity index (χ0n) is 11.9. The van der Waals surface area contributed by atoms with Gasteiger partial charge in [0.15, 0.2) is 0 Å². The van der Waals surface area contributed by atoms with Gasteiger partial charge in [-0.1, -0.05) is 25.8 Å². The van der Waals surface area contributed by atoms with Crippen molar-refractivity contribution in [2.75, 3.05) is 13.6 Å². The highest BCUT2D eigenvalue weighted by molar-refractivity contribution is 7.89. The highest BCUT2D eigenvalue weighted by Crippen LogP contribution is 2.20. The molecule has 0 saturated heterocycles. The van der Waals surface area contributed by atoms with Gasteiger partial charge < -0.3 is 5.32 Å². The molecule has 0 atom stereocenters. The molecule has 0 aliphatic rings. The highest BCUT2D eigenvalue weighted by Gasteiger charge is 2.24. The second kappa shape index (κ2) is 6.84. The van der Waals surface area contributed by atoms with Crippen molar-refractivity contribution in [3.8, 4) is 12.3 Å². The Morgan fingerprint density at radius 3 is 2.65 bits per heavy atom. The molecular formula is C14H19FN2O2S. The Kier molecular flexibility index (Phi) is 5.69. The van der Waals surface area contributed by atoms with Crippen LogP contribution in [0, 0.1) is 18.2 Å². The van der Waals surface area contributed by atoms with Crippen LogP contribution in [0.5, 0.6) is 0 Å². The van der Waals surface area contributed by atoms with Crippen LogP contribution in [-0.2, 0) is 16.6 Å². The number of halogens is 1. The summed E-state index contributed by atoms with van der Waals surface area (Å²) < 4.78 is 39.2. The van der Waals surface area contributed by atoms with Crippen LogP contribution < -0.4 is 5.32 Å². The standard InChI is InChI=1S/C14H19FN2O2S/c1-5-8-17(4)20(18,19)14-9-13(15)7-6-12(14)10-16-11(2)3/h1,6-7,9,11,16H,8,10H2,2-4H3. The maximum atomic E-state index is 13.4. The average molecular weight is 298 g/mol. The molecule has 0 radical (unpaired) electrons. The van der Waals surface area contributed by atoms with Crippen molar-refractivity contribution in [1.82, 2.24) is 9.62 Å². The molecule has 0 saturated carbocycles. The Morgan fingerprint density at radius 2 is 2.10 bits per heavy atom. The summed E-state index contributed by atoms with van der Waals surface area (Å²) in [5.74, 6) is 1.67. The van der Waals surface area contributed by atoms with E-state index in [4.69, 9.17) is 6.42 Å². The van der Waals surface area contributed by atoms with Gasteiger partial charge in [-0.3, -0.25) is 0 Å². The number of nitrogens with zero attached hydrogens (tertiary/aromatic N) is 1. The summed E-state index contributed by atoms with van der Waals surface area (Å²) in [7, 11) is -2.42. The van der Waals surface area contributed by atoms with Gasteiger partial charge in [-0.2, -0.15) is 4.31 Å². The van der Waals surface area contributed by atoms with E-state index in [0.717, 1.165) is 10.4 Å². The minimum atomic E-state index is -3.79. The SMILES string of the molecule is C#CCN(C)S(=O)(=O)c1cc(F)ccc1CNC(C)C. The van der Waals surface area contributed by atoms with E-state index < -0.39 is 15.8 Å². The van der Waals surface area contributed by atoms with E-state index in [1.165, 1.54) is 19.2 Å². The molecule has 0 heterocycles. The van der Waals surface area contributed by atoms with Gasteiger partial charge in [0, 0.05) is 19.6 Å². The second-order valence-corrected chi connectivity index (χ2v) is 6.77. The Hall–Kier alpha value is -1.42. The molecule has 1 rings (SSSR count). The first-order chi connectivity index (χ1) is 9.28. The number of sulfonamides is 1. The van der Waals surface area contributed by atoms with Gasteiger partial charge in [0.25, 0.3) is 0 Å². The van der Waals surface area contributed by atoms with Gasteiger partial charge in [-0.25, -0.2) is 12.8 Å². The molecule has 0 bridgehead atoms. The van der Waals surface area contributed by atoms with Gasteiger partial charge in [0.05, 0.1) is 11.4 Å². The molecular weight excluding hydrogens is 279 g/mol. The number of hydrogen-bond donors (Lipinski definition) is 1. The number of terminal acetylenes is 1.